The van der Waals surface area contributed by atoms with Gasteiger partial charge in [-0.15, -0.1) is 0 Å². The summed E-state index contributed by atoms with van der Waals surface area (Å²) < 4.78 is 25.2. The van der Waals surface area contributed by atoms with E-state index in [9.17, 15) is 4.57 Å². The average molecular weight is 303 g/mol. The van der Waals surface area contributed by atoms with E-state index in [-0.39, 0.29) is 5.92 Å². The Bertz CT molecular complexity index is 661. The van der Waals surface area contributed by atoms with Gasteiger partial charge in [-0.2, -0.15) is 0 Å². The molecule has 0 radical (unpaired) electrons. The lowest BCUT2D eigenvalue weighted by Gasteiger charge is -2.38. The van der Waals surface area contributed by atoms with Crippen LogP contribution in [0.1, 0.15) is 24.0 Å². The van der Waals surface area contributed by atoms with E-state index in [0.717, 1.165) is 22.5 Å². The molecule has 0 saturated heterocycles. The van der Waals surface area contributed by atoms with E-state index in [1.54, 1.807) is 4.67 Å². The van der Waals surface area contributed by atoms with Crippen LogP contribution in [0.25, 0.3) is 0 Å². The van der Waals surface area contributed by atoms with E-state index >= 15 is 0 Å². The molecule has 2 aromatic rings. The highest BCUT2D eigenvalue weighted by Gasteiger charge is 2.39. The molecule has 21 heavy (non-hydrogen) atoms. The Morgan fingerprint density at radius 3 is 1.76 bits per heavy atom. The Hall–Kier alpha value is -1.61. The third-order valence-corrected chi connectivity index (χ3v) is 5.81. The lowest BCUT2D eigenvalue weighted by Crippen LogP contribution is -2.23. The van der Waals surface area contributed by atoms with E-state index < -0.39 is 7.75 Å². The van der Waals surface area contributed by atoms with Gasteiger partial charge in [-0.1, -0.05) is 43.3 Å². The number of para-hydroxylation sites is 2. The molecule has 0 spiro atoms. The predicted molar refractivity (Wildman–Crippen MR) is 84.2 cm³/mol. The zero-order chi connectivity index (χ0) is 15.0. The summed E-state index contributed by atoms with van der Waals surface area (Å²) in [6.45, 7) is 2.15. The predicted octanol–water partition coefficient (Wildman–Crippen LogP) is 4.69. The van der Waals surface area contributed by atoms with Crippen molar-refractivity contribution in [2.24, 2.45) is 0 Å². The molecule has 110 valence electrons. The average Bonchev–Trinajstić information content (AvgIpc) is 2.55. The van der Waals surface area contributed by atoms with Gasteiger partial charge in [-0.05, 0) is 23.3 Å². The summed E-state index contributed by atoms with van der Waals surface area (Å²) in [6, 6.07) is 15.9. The second kappa shape index (κ2) is 5.30. The van der Waals surface area contributed by atoms with Crippen molar-refractivity contribution in [3.8, 4) is 0 Å². The number of hydrogen-bond donors (Lipinski definition) is 0. The summed E-state index contributed by atoms with van der Waals surface area (Å²) in [5.74, 6) is 0.232. The summed E-state index contributed by atoms with van der Waals surface area (Å²) in [5, 5.41) is 0. The van der Waals surface area contributed by atoms with Gasteiger partial charge in [0.05, 0.1) is 11.4 Å². The van der Waals surface area contributed by atoms with Crippen molar-refractivity contribution < 1.29 is 13.6 Å². The van der Waals surface area contributed by atoms with Gasteiger partial charge in [-0.25, -0.2) is 9.24 Å². The monoisotopic (exact) mass is 303 g/mol. The zero-order valence-corrected chi connectivity index (χ0v) is 13.2. The first kappa shape index (κ1) is 14.3. The lowest BCUT2D eigenvalue weighted by atomic mass is 9.87. The normalized spacial score (nSPS) is 14.7. The fraction of sp³-hybridized carbons (Fsp3) is 0.250. The molecule has 0 bridgehead atoms. The summed E-state index contributed by atoms with van der Waals surface area (Å²) in [5.41, 5.74) is 3.97. The number of anilines is 2. The summed E-state index contributed by atoms with van der Waals surface area (Å²) in [4.78, 5) is 0. The molecule has 0 fully saturated rings. The Morgan fingerprint density at radius 2 is 1.33 bits per heavy atom. The van der Waals surface area contributed by atoms with Crippen LogP contribution < -0.4 is 4.67 Å². The van der Waals surface area contributed by atoms with Crippen molar-refractivity contribution in [2.45, 2.75) is 12.8 Å². The zero-order valence-electron chi connectivity index (χ0n) is 12.3. The smallest absolute Gasteiger partial charge is 0.295 e. The third kappa shape index (κ3) is 2.11. The molecule has 4 nitrogen and oxygen atoms in total. The maximum Gasteiger partial charge on any atom is 0.439 e. The van der Waals surface area contributed by atoms with Crippen LogP contribution in [0.4, 0.5) is 11.4 Å². The Morgan fingerprint density at radius 1 is 0.905 bits per heavy atom. The molecule has 0 amide bonds. The third-order valence-electron chi connectivity index (χ3n) is 3.97. The fourth-order valence-corrected chi connectivity index (χ4v) is 4.26. The molecule has 1 aliphatic heterocycles. The highest BCUT2D eigenvalue weighted by atomic mass is 31.2. The largest absolute Gasteiger partial charge is 0.439 e. The van der Waals surface area contributed by atoms with Crippen molar-refractivity contribution in [1.29, 1.82) is 0 Å². The van der Waals surface area contributed by atoms with Crippen LogP contribution in [0.3, 0.4) is 0 Å². The van der Waals surface area contributed by atoms with Crippen LogP contribution >= 0.6 is 7.75 Å². The first-order valence-electron chi connectivity index (χ1n) is 6.82. The van der Waals surface area contributed by atoms with Gasteiger partial charge < -0.3 is 0 Å². The molecule has 0 aromatic heterocycles. The van der Waals surface area contributed by atoms with Gasteiger partial charge in [-0.3, -0.25) is 9.05 Å². The molecule has 0 saturated carbocycles. The molecule has 0 atom stereocenters. The molecular formula is C16H18NO3P. The fourth-order valence-electron chi connectivity index (χ4n) is 2.89. The Labute approximate surface area is 124 Å². The maximum absolute atomic E-state index is 13.0. The number of rotatable bonds is 3. The van der Waals surface area contributed by atoms with E-state index in [2.05, 4.69) is 19.1 Å². The van der Waals surface area contributed by atoms with Gasteiger partial charge in [0.25, 0.3) is 0 Å². The van der Waals surface area contributed by atoms with Crippen LogP contribution in [-0.2, 0) is 13.6 Å². The van der Waals surface area contributed by atoms with Crippen molar-refractivity contribution in [3.05, 3.63) is 59.7 Å². The maximum atomic E-state index is 13.0. The Kier molecular flexibility index (Phi) is 3.62. The van der Waals surface area contributed by atoms with Crippen molar-refractivity contribution in [3.63, 3.8) is 0 Å². The number of fused-ring (bicyclic) bond motifs is 2. The second-order valence-corrected chi connectivity index (χ2v) is 7.05. The van der Waals surface area contributed by atoms with Gasteiger partial charge in [0.1, 0.15) is 0 Å². The van der Waals surface area contributed by atoms with Crippen LogP contribution in [0.2, 0.25) is 0 Å². The molecule has 2 aromatic carbocycles. The summed E-state index contributed by atoms with van der Waals surface area (Å²) >= 11 is 0. The topological polar surface area (TPSA) is 38.8 Å². The lowest BCUT2D eigenvalue weighted by molar-refractivity contribution is 0.276. The van der Waals surface area contributed by atoms with Gasteiger partial charge >= 0.3 is 7.75 Å². The summed E-state index contributed by atoms with van der Waals surface area (Å²) in [7, 11) is -0.594. The van der Waals surface area contributed by atoms with Gasteiger partial charge in [0, 0.05) is 20.1 Å². The van der Waals surface area contributed by atoms with E-state index in [1.807, 2.05) is 36.4 Å². The standard InChI is InChI=1S/C16H18NO3P/c1-12-13-8-4-6-10-15(13)17(21(18,19-2)20-3)16-11-7-5-9-14(12)16/h4-12H,1-3H3. The second-order valence-electron chi connectivity index (χ2n) is 4.98. The molecule has 1 aliphatic rings. The number of nitrogens with zero attached hydrogens (tertiary/aromatic N) is 1. The van der Waals surface area contributed by atoms with E-state index in [1.165, 1.54) is 14.2 Å². The van der Waals surface area contributed by atoms with Crippen LogP contribution in [-0.4, -0.2) is 14.2 Å². The van der Waals surface area contributed by atoms with Gasteiger partial charge in [0.2, 0.25) is 0 Å². The van der Waals surface area contributed by atoms with E-state index in [4.69, 9.17) is 9.05 Å². The minimum Gasteiger partial charge on any atom is -0.295 e. The summed E-state index contributed by atoms with van der Waals surface area (Å²) in [6.07, 6.45) is 0. The molecule has 5 heteroatoms. The quantitative estimate of drug-likeness (QED) is 0.771. The van der Waals surface area contributed by atoms with Crippen LogP contribution in [0.15, 0.2) is 48.5 Å². The van der Waals surface area contributed by atoms with Gasteiger partial charge in [0.15, 0.2) is 0 Å². The van der Waals surface area contributed by atoms with Crippen LogP contribution in [0.5, 0.6) is 0 Å². The molecule has 3 rings (SSSR count). The first-order chi connectivity index (χ1) is 10.1. The minimum absolute atomic E-state index is 0.232. The van der Waals surface area contributed by atoms with E-state index in [0.29, 0.717) is 0 Å². The van der Waals surface area contributed by atoms with Crippen molar-refractivity contribution >= 4 is 19.1 Å². The Balaban J connectivity index is 2.30. The molecular weight excluding hydrogens is 285 g/mol. The molecule has 0 N–H and O–H groups in total. The minimum atomic E-state index is -3.41. The highest BCUT2D eigenvalue weighted by molar-refractivity contribution is 7.56. The first-order valence-corrected chi connectivity index (χ1v) is 8.32. The van der Waals surface area contributed by atoms with Crippen LogP contribution in [0, 0.1) is 0 Å². The molecule has 0 unspecified atom stereocenters. The number of hydrogen-bond acceptors (Lipinski definition) is 3. The number of benzene rings is 2. The van der Waals surface area contributed by atoms with Crippen molar-refractivity contribution in [1.82, 2.24) is 0 Å². The molecule has 0 aliphatic carbocycles. The molecule has 1 heterocycles. The SMILES string of the molecule is COP(=O)(OC)N1c2ccccc2C(C)c2ccccc21. The highest BCUT2D eigenvalue weighted by Crippen LogP contribution is 2.61. The van der Waals surface area contributed by atoms with Crippen molar-refractivity contribution in [2.75, 3.05) is 18.9 Å².